The fraction of sp³-hybridized carbons (Fsp3) is 0.650. The second-order valence-corrected chi connectivity index (χ2v) is 10.9. The molecule has 3 aliphatic rings. The van der Waals surface area contributed by atoms with Crippen LogP contribution < -0.4 is 5.32 Å². The zero-order valence-electron chi connectivity index (χ0n) is 17.3. The van der Waals surface area contributed by atoms with Crippen molar-refractivity contribution in [3.63, 3.8) is 0 Å². The van der Waals surface area contributed by atoms with Crippen LogP contribution in [-0.4, -0.2) is 65.3 Å². The van der Waals surface area contributed by atoms with E-state index in [-0.39, 0.29) is 29.3 Å². The molecule has 1 N–H and O–H groups in total. The first-order valence-corrected chi connectivity index (χ1v) is 12.3. The highest BCUT2D eigenvalue weighted by Crippen LogP contribution is 2.45. The zero-order valence-corrected chi connectivity index (χ0v) is 18.1. The van der Waals surface area contributed by atoms with E-state index >= 15 is 0 Å². The number of rotatable bonds is 5. The Hall–Kier alpha value is -2.20. The summed E-state index contributed by atoms with van der Waals surface area (Å²) in [5.74, 6) is 0.433. The van der Waals surface area contributed by atoms with Gasteiger partial charge in [0.05, 0.1) is 40.6 Å². The lowest BCUT2D eigenvalue weighted by atomic mass is 9.74. The number of pyridine rings is 1. The molecule has 2 aromatic heterocycles. The van der Waals surface area contributed by atoms with E-state index in [0.717, 1.165) is 53.8 Å². The first kappa shape index (κ1) is 19.7. The number of ether oxygens (including phenoxy) is 1. The first-order chi connectivity index (χ1) is 14.4. The molecule has 2 aromatic rings. The summed E-state index contributed by atoms with van der Waals surface area (Å²) in [5, 5.41) is 13.4. The SMILES string of the molecule is CCn1ncc2c(NC3CCS(=O)(=O)CC3)c(C3=NOC4(C3)CC(OC)C4)cnc21. The normalized spacial score (nSPS) is 23.3. The second kappa shape index (κ2) is 7.19. The number of hydrogen-bond donors (Lipinski definition) is 1. The third-order valence-corrected chi connectivity index (χ3v) is 8.27. The molecule has 4 heterocycles. The largest absolute Gasteiger partial charge is 0.388 e. The molecule has 1 saturated heterocycles. The first-order valence-electron chi connectivity index (χ1n) is 10.5. The highest BCUT2D eigenvalue weighted by Gasteiger charge is 2.51. The number of nitrogens with zero attached hydrogens (tertiary/aromatic N) is 4. The smallest absolute Gasteiger partial charge is 0.159 e. The van der Waals surface area contributed by atoms with Gasteiger partial charge in [0.15, 0.2) is 5.65 Å². The van der Waals surface area contributed by atoms with Crippen molar-refractivity contribution < 1.29 is 18.0 Å². The molecule has 0 amide bonds. The summed E-state index contributed by atoms with van der Waals surface area (Å²) in [5.41, 5.74) is 3.24. The predicted molar refractivity (Wildman–Crippen MR) is 114 cm³/mol. The highest BCUT2D eigenvalue weighted by atomic mass is 32.2. The number of sulfone groups is 1. The van der Waals surface area contributed by atoms with E-state index in [2.05, 4.69) is 20.6 Å². The number of anilines is 1. The summed E-state index contributed by atoms with van der Waals surface area (Å²) in [6.45, 7) is 2.76. The van der Waals surface area contributed by atoms with Gasteiger partial charge in [0.1, 0.15) is 15.4 Å². The Balaban J connectivity index is 1.47. The molecule has 2 fully saturated rings. The lowest BCUT2D eigenvalue weighted by Crippen LogP contribution is -2.48. The number of methoxy groups -OCH3 is 1. The molecule has 2 aliphatic heterocycles. The monoisotopic (exact) mass is 433 g/mol. The Kier molecular flexibility index (Phi) is 4.73. The zero-order chi connectivity index (χ0) is 20.9. The average molecular weight is 434 g/mol. The molecule has 0 bridgehead atoms. The van der Waals surface area contributed by atoms with Crippen LogP contribution in [0.2, 0.25) is 0 Å². The molecule has 0 aromatic carbocycles. The van der Waals surface area contributed by atoms with Crippen molar-refractivity contribution >= 4 is 32.3 Å². The van der Waals surface area contributed by atoms with Crippen LogP contribution in [0.3, 0.4) is 0 Å². The van der Waals surface area contributed by atoms with Crippen LogP contribution in [0, 0.1) is 0 Å². The molecular formula is C20H27N5O4S. The van der Waals surface area contributed by atoms with Crippen molar-refractivity contribution in [2.75, 3.05) is 23.9 Å². The molecule has 0 unspecified atom stereocenters. The number of fused-ring (bicyclic) bond motifs is 1. The Morgan fingerprint density at radius 2 is 2.07 bits per heavy atom. The minimum atomic E-state index is -2.92. The van der Waals surface area contributed by atoms with E-state index in [0.29, 0.717) is 12.8 Å². The molecule has 1 spiro atoms. The Morgan fingerprint density at radius 1 is 1.30 bits per heavy atom. The van der Waals surface area contributed by atoms with Gasteiger partial charge in [-0.1, -0.05) is 5.16 Å². The molecule has 162 valence electrons. The molecule has 10 heteroatoms. The van der Waals surface area contributed by atoms with Crippen LogP contribution in [-0.2, 0) is 26.0 Å². The van der Waals surface area contributed by atoms with Crippen LogP contribution in [0.4, 0.5) is 5.69 Å². The Bertz CT molecular complexity index is 1090. The summed E-state index contributed by atoms with van der Waals surface area (Å²) in [7, 11) is -1.19. The van der Waals surface area contributed by atoms with Crippen LogP contribution in [0.15, 0.2) is 17.5 Å². The average Bonchev–Trinajstić information content (AvgIpc) is 3.33. The van der Waals surface area contributed by atoms with E-state index in [1.165, 1.54) is 0 Å². The van der Waals surface area contributed by atoms with E-state index in [1.54, 1.807) is 7.11 Å². The molecular weight excluding hydrogens is 406 g/mol. The molecule has 5 rings (SSSR count). The number of nitrogens with one attached hydrogen (secondary N) is 1. The molecule has 0 atom stereocenters. The summed E-state index contributed by atoms with van der Waals surface area (Å²) >= 11 is 0. The van der Waals surface area contributed by atoms with E-state index in [9.17, 15) is 8.42 Å². The third-order valence-electron chi connectivity index (χ3n) is 6.55. The minimum Gasteiger partial charge on any atom is -0.388 e. The van der Waals surface area contributed by atoms with Crippen molar-refractivity contribution in [3.8, 4) is 0 Å². The van der Waals surface area contributed by atoms with Gasteiger partial charge in [-0.05, 0) is 19.8 Å². The lowest BCUT2D eigenvalue weighted by molar-refractivity contribution is -0.148. The van der Waals surface area contributed by atoms with E-state index < -0.39 is 9.84 Å². The van der Waals surface area contributed by atoms with Gasteiger partial charge < -0.3 is 14.9 Å². The molecule has 0 radical (unpaired) electrons. The summed E-state index contributed by atoms with van der Waals surface area (Å²) < 4.78 is 31.0. The number of aryl methyl sites for hydroxylation is 1. The summed E-state index contributed by atoms with van der Waals surface area (Å²) in [4.78, 5) is 10.5. The Labute approximate surface area is 175 Å². The van der Waals surface area contributed by atoms with Crippen molar-refractivity contribution in [1.29, 1.82) is 0 Å². The maximum absolute atomic E-state index is 11.8. The second-order valence-electron chi connectivity index (χ2n) is 8.57. The van der Waals surface area contributed by atoms with Gasteiger partial charge >= 0.3 is 0 Å². The number of hydrogen-bond acceptors (Lipinski definition) is 8. The van der Waals surface area contributed by atoms with Crippen molar-refractivity contribution in [3.05, 3.63) is 18.0 Å². The van der Waals surface area contributed by atoms with Gasteiger partial charge in [0, 0.05) is 50.7 Å². The van der Waals surface area contributed by atoms with Crippen LogP contribution in [0.5, 0.6) is 0 Å². The molecule has 1 saturated carbocycles. The molecule has 1 aliphatic carbocycles. The maximum Gasteiger partial charge on any atom is 0.159 e. The predicted octanol–water partition coefficient (Wildman–Crippen LogP) is 2.11. The van der Waals surface area contributed by atoms with Gasteiger partial charge in [-0.2, -0.15) is 5.10 Å². The van der Waals surface area contributed by atoms with E-state index in [4.69, 9.17) is 9.57 Å². The van der Waals surface area contributed by atoms with Crippen molar-refractivity contribution in [2.24, 2.45) is 5.16 Å². The Morgan fingerprint density at radius 3 is 2.77 bits per heavy atom. The van der Waals surface area contributed by atoms with Gasteiger partial charge in [-0.3, -0.25) is 0 Å². The van der Waals surface area contributed by atoms with Gasteiger partial charge in [-0.25, -0.2) is 18.1 Å². The maximum atomic E-state index is 11.8. The van der Waals surface area contributed by atoms with Gasteiger partial charge in [0.25, 0.3) is 0 Å². The standard InChI is InChI=1S/C20H27N5O4S/c1-3-25-19-16(12-22-25)18(23-13-4-6-30(26,27)7-5-13)15(11-21-19)17-10-20(29-24-17)8-14(9-20)28-2/h11-14H,3-10H2,1-2H3,(H,21,23). The van der Waals surface area contributed by atoms with Crippen LogP contribution in [0.25, 0.3) is 11.0 Å². The van der Waals surface area contributed by atoms with Crippen LogP contribution >= 0.6 is 0 Å². The minimum absolute atomic E-state index is 0.0845. The highest BCUT2D eigenvalue weighted by molar-refractivity contribution is 7.91. The number of aromatic nitrogens is 3. The molecule has 30 heavy (non-hydrogen) atoms. The van der Waals surface area contributed by atoms with Gasteiger partial charge in [-0.15, -0.1) is 0 Å². The number of oxime groups is 1. The van der Waals surface area contributed by atoms with Crippen molar-refractivity contribution in [2.45, 2.75) is 63.3 Å². The fourth-order valence-corrected chi connectivity index (χ4v) is 6.18. The van der Waals surface area contributed by atoms with Gasteiger partial charge in [0.2, 0.25) is 0 Å². The fourth-order valence-electron chi connectivity index (χ4n) is 4.69. The summed E-state index contributed by atoms with van der Waals surface area (Å²) in [6, 6.07) is 0.0845. The van der Waals surface area contributed by atoms with E-state index in [1.807, 2.05) is 24.0 Å². The van der Waals surface area contributed by atoms with Crippen LogP contribution in [0.1, 0.15) is 44.6 Å². The summed E-state index contributed by atoms with van der Waals surface area (Å²) in [6.07, 6.45) is 7.47. The quantitative estimate of drug-likeness (QED) is 0.769. The molecule has 9 nitrogen and oxygen atoms in total. The topological polar surface area (TPSA) is 108 Å². The van der Waals surface area contributed by atoms with Crippen molar-refractivity contribution in [1.82, 2.24) is 14.8 Å². The lowest BCUT2D eigenvalue weighted by Gasteiger charge is -2.41. The third kappa shape index (κ3) is 3.35.